The summed E-state index contributed by atoms with van der Waals surface area (Å²) in [4.78, 5) is 14.4. The molecule has 6 nitrogen and oxygen atoms in total. The highest BCUT2D eigenvalue weighted by molar-refractivity contribution is 6.09. The summed E-state index contributed by atoms with van der Waals surface area (Å²) < 4.78 is 8.64. The SMILES string of the molecule is N#Cc1cc2c3ccccc3n(-c3cnc4c(c3)C3(c5ccccc5Oc5ccccc53)c3cccnc3-4)c2cn1. The maximum atomic E-state index is 9.54. The Bertz CT molecular complexity index is 2230. The summed E-state index contributed by atoms with van der Waals surface area (Å²) in [6.45, 7) is 0. The summed E-state index contributed by atoms with van der Waals surface area (Å²) in [6, 6.07) is 35.2. The Kier molecular flexibility index (Phi) is 4.24. The van der Waals surface area contributed by atoms with Crippen LogP contribution in [0, 0.1) is 11.3 Å². The number of aromatic nitrogens is 4. The fourth-order valence-electron chi connectivity index (χ4n) is 6.87. The minimum Gasteiger partial charge on any atom is -0.457 e. The normalized spacial score (nSPS) is 13.7. The van der Waals surface area contributed by atoms with Crippen molar-refractivity contribution in [2.75, 3.05) is 0 Å². The standard InChI is InChI=1S/C35H19N5O/c36-18-21-16-24-23-8-1-4-12-29(23)40(30(24)20-38-21)22-17-28-34(39-19-22)33-27(11-7-15-37-33)35(28)25-9-2-5-13-31(25)41-32-14-6-3-10-26(32)35/h1-17,19-20H. The van der Waals surface area contributed by atoms with Gasteiger partial charge in [-0.25, -0.2) is 4.98 Å². The van der Waals surface area contributed by atoms with Crippen molar-refractivity contribution in [3.63, 3.8) is 0 Å². The van der Waals surface area contributed by atoms with Gasteiger partial charge in [-0.15, -0.1) is 0 Å². The van der Waals surface area contributed by atoms with Crippen LogP contribution in [-0.4, -0.2) is 19.5 Å². The molecule has 0 unspecified atom stereocenters. The number of rotatable bonds is 1. The second-order valence-electron chi connectivity index (χ2n) is 10.4. The van der Waals surface area contributed by atoms with E-state index in [1.54, 1.807) is 6.20 Å². The van der Waals surface area contributed by atoms with Crippen LogP contribution in [0.2, 0.25) is 0 Å². The van der Waals surface area contributed by atoms with E-state index in [0.29, 0.717) is 5.69 Å². The van der Waals surface area contributed by atoms with Crippen LogP contribution >= 0.6 is 0 Å². The minimum absolute atomic E-state index is 0.392. The lowest BCUT2D eigenvalue weighted by Gasteiger charge is -2.38. The highest BCUT2D eigenvalue weighted by atomic mass is 16.5. The van der Waals surface area contributed by atoms with E-state index in [1.165, 1.54) is 0 Å². The lowest BCUT2D eigenvalue weighted by atomic mass is 9.66. The molecule has 0 amide bonds. The molecule has 3 aromatic carbocycles. The molecule has 4 aromatic heterocycles. The average Bonchev–Trinajstić information content (AvgIpc) is 3.51. The molecular weight excluding hydrogens is 506 g/mol. The van der Waals surface area contributed by atoms with E-state index in [4.69, 9.17) is 14.7 Å². The molecule has 0 radical (unpaired) electrons. The number of para-hydroxylation sites is 3. The van der Waals surface area contributed by atoms with Crippen LogP contribution in [0.5, 0.6) is 11.5 Å². The van der Waals surface area contributed by atoms with Gasteiger partial charge in [-0.3, -0.25) is 9.97 Å². The van der Waals surface area contributed by atoms with Gasteiger partial charge in [0.2, 0.25) is 0 Å². The van der Waals surface area contributed by atoms with Gasteiger partial charge in [-0.05, 0) is 42.0 Å². The molecule has 9 rings (SSSR count). The molecule has 1 aliphatic carbocycles. The molecule has 0 saturated heterocycles. The highest BCUT2D eigenvalue weighted by Crippen LogP contribution is 2.61. The molecule has 0 bridgehead atoms. The zero-order valence-corrected chi connectivity index (χ0v) is 21.6. The van der Waals surface area contributed by atoms with Gasteiger partial charge in [0, 0.05) is 33.7 Å². The average molecular weight is 526 g/mol. The van der Waals surface area contributed by atoms with Gasteiger partial charge in [0.1, 0.15) is 23.3 Å². The molecule has 2 aliphatic rings. The number of pyridine rings is 3. The Labute approximate surface area is 234 Å². The third kappa shape index (κ3) is 2.72. The van der Waals surface area contributed by atoms with E-state index in [-0.39, 0.29) is 0 Å². The predicted molar refractivity (Wildman–Crippen MR) is 156 cm³/mol. The lowest BCUT2D eigenvalue weighted by molar-refractivity contribution is 0.436. The van der Waals surface area contributed by atoms with Crippen LogP contribution < -0.4 is 4.74 Å². The maximum absolute atomic E-state index is 9.54. The third-order valence-electron chi connectivity index (χ3n) is 8.45. The number of hydrogen-bond donors (Lipinski definition) is 0. The summed E-state index contributed by atoms with van der Waals surface area (Å²) in [6.07, 6.45) is 5.53. The van der Waals surface area contributed by atoms with Gasteiger partial charge in [-0.1, -0.05) is 60.7 Å². The van der Waals surface area contributed by atoms with Crippen molar-refractivity contribution in [2.45, 2.75) is 5.41 Å². The number of fused-ring (bicyclic) bond motifs is 12. The Morgan fingerprint density at radius 2 is 1.34 bits per heavy atom. The first-order valence-electron chi connectivity index (χ1n) is 13.4. The van der Waals surface area contributed by atoms with Gasteiger partial charge in [0.25, 0.3) is 0 Å². The van der Waals surface area contributed by atoms with Gasteiger partial charge in [-0.2, -0.15) is 5.26 Å². The van der Waals surface area contributed by atoms with Crippen molar-refractivity contribution in [1.29, 1.82) is 5.26 Å². The minimum atomic E-state index is -0.654. The zero-order valence-electron chi connectivity index (χ0n) is 21.6. The maximum Gasteiger partial charge on any atom is 0.141 e. The quantitative estimate of drug-likeness (QED) is 0.225. The highest BCUT2D eigenvalue weighted by Gasteiger charge is 2.52. The molecule has 0 fully saturated rings. The van der Waals surface area contributed by atoms with Crippen molar-refractivity contribution >= 4 is 21.8 Å². The Balaban J connectivity index is 1.42. The predicted octanol–water partition coefficient (Wildman–Crippen LogP) is 7.31. The fourth-order valence-corrected chi connectivity index (χ4v) is 6.87. The molecule has 1 aliphatic heterocycles. The van der Waals surface area contributed by atoms with Crippen LogP contribution in [0.15, 0.2) is 116 Å². The zero-order chi connectivity index (χ0) is 27.1. The van der Waals surface area contributed by atoms with Crippen molar-refractivity contribution in [2.24, 2.45) is 0 Å². The van der Waals surface area contributed by atoms with E-state index in [9.17, 15) is 5.26 Å². The second-order valence-corrected chi connectivity index (χ2v) is 10.4. The summed E-state index contributed by atoms with van der Waals surface area (Å²) >= 11 is 0. The van der Waals surface area contributed by atoms with Gasteiger partial charge in [0.05, 0.1) is 45.9 Å². The lowest BCUT2D eigenvalue weighted by Crippen LogP contribution is -2.32. The number of ether oxygens (including phenoxy) is 1. The van der Waals surface area contributed by atoms with E-state index >= 15 is 0 Å². The molecule has 1 spiro atoms. The third-order valence-corrected chi connectivity index (χ3v) is 8.45. The van der Waals surface area contributed by atoms with Crippen molar-refractivity contribution in [1.82, 2.24) is 19.5 Å². The van der Waals surface area contributed by atoms with Crippen LogP contribution in [0.3, 0.4) is 0 Å². The summed E-state index contributed by atoms with van der Waals surface area (Å²) in [5.74, 6) is 1.65. The molecule has 0 saturated carbocycles. The molecule has 5 heterocycles. The number of nitriles is 1. The van der Waals surface area contributed by atoms with E-state index in [1.807, 2.05) is 60.9 Å². The van der Waals surface area contributed by atoms with Crippen LogP contribution in [0.1, 0.15) is 27.9 Å². The number of nitrogens with zero attached hydrogens (tertiary/aromatic N) is 5. The van der Waals surface area contributed by atoms with Crippen LogP contribution in [0.4, 0.5) is 0 Å². The largest absolute Gasteiger partial charge is 0.457 e. The molecule has 6 heteroatoms. The first kappa shape index (κ1) is 22.1. The van der Waals surface area contributed by atoms with Crippen molar-refractivity contribution in [3.05, 3.63) is 144 Å². The van der Waals surface area contributed by atoms with E-state index in [0.717, 1.165) is 72.6 Å². The Morgan fingerprint density at radius 1 is 0.634 bits per heavy atom. The first-order chi connectivity index (χ1) is 20.3. The molecular formula is C35H19N5O. The Morgan fingerprint density at radius 3 is 2.15 bits per heavy atom. The molecule has 7 aromatic rings. The van der Waals surface area contributed by atoms with Crippen molar-refractivity contribution in [3.8, 4) is 34.6 Å². The number of benzene rings is 3. The smallest absolute Gasteiger partial charge is 0.141 e. The van der Waals surface area contributed by atoms with Crippen molar-refractivity contribution < 1.29 is 4.74 Å². The molecule has 0 atom stereocenters. The van der Waals surface area contributed by atoms with Crippen LogP contribution in [-0.2, 0) is 5.41 Å². The summed E-state index contributed by atoms with van der Waals surface area (Å²) in [5, 5.41) is 11.6. The summed E-state index contributed by atoms with van der Waals surface area (Å²) in [7, 11) is 0. The molecule has 41 heavy (non-hydrogen) atoms. The van der Waals surface area contributed by atoms with Gasteiger partial charge in [0.15, 0.2) is 0 Å². The Hall–Kier alpha value is -5.80. The van der Waals surface area contributed by atoms with E-state index < -0.39 is 5.41 Å². The first-order valence-corrected chi connectivity index (χ1v) is 13.4. The van der Waals surface area contributed by atoms with Gasteiger partial charge < -0.3 is 9.30 Å². The van der Waals surface area contributed by atoms with Gasteiger partial charge >= 0.3 is 0 Å². The van der Waals surface area contributed by atoms with Crippen LogP contribution in [0.25, 0.3) is 38.9 Å². The molecule has 190 valence electrons. The monoisotopic (exact) mass is 525 g/mol. The fraction of sp³-hybridized carbons (Fsp3) is 0.0286. The van der Waals surface area contributed by atoms with E-state index in [2.05, 4.69) is 64.2 Å². The summed E-state index contributed by atoms with van der Waals surface area (Å²) in [5.41, 5.74) is 8.60. The second kappa shape index (κ2) is 7.87. The molecule has 0 N–H and O–H groups in total. The number of hydrogen-bond acceptors (Lipinski definition) is 5. The topological polar surface area (TPSA) is 76.6 Å².